The molecule has 1 rings (SSSR count). The largest absolute Gasteiger partial charge is 0.493 e. The summed E-state index contributed by atoms with van der Waals surface area (Å²) in [6.07, 6.45) is -0.589. The third-order valence-corrected chi connectivity index (χ3v) is 2.78. The quantitative estimate of drug-likeness (QED) is 0.523. The first-order chi connectivity index (χ1) is 7.45. The molecular formula is C11H13IO4. The van der Waals surface area contributed by atoms with Gasteiger partial charge < -0.3 is 14.6 Å². The first-order valence-electron chi connectivity index (χ1n) is 4.69. The first-order valence-corrected chi connectivity index (χ1v) is 5.77. The third kappa shape index (κ3) is 3.08. The van der Waals surface area contributed by atoms with Crippen LogP contribution in [-0.4, -0.2) is 18.2 Å². The molecule has 0 fully saturated rings. The molecule has 1 aromatic rings. The van der Waals surface area contributed by atoms with E-state index in [-0.39, 0.29) is 0 Å². The molecule has 1 unspecified atom stereocenters. The Kier molecular flexibility index (Phi) is 4.55. The molecule has 4 nitrogen and oxygen atoms in total. The molecule has 0 radical (unpaired) electrons. The predicted molar refractivity (Wildman–Crippen MR) is 67.7 cm³/mol. The normalized spacial score (nSPS) is 12.1. The minimum atomic E-state index is -0.589. The van der Waals surface area contributed by atoms with E-state index in [4.69, 9.17) is 9.47 Å². The SMILES string of the molecule is COc1cc(C(C)O)cc(I)c1OC(C)=O. The average molecular weight is 336 g/mol. The Morgan fingerprint density at radius 3 is 2.56 bits per heavy atom. The van der Waals surface area contributed by atoms with Crippen molar-refractivity contribution >= 4 is 28.6 Å². The number of hydrogen-bond donors (Lipinski definition) is 1. The van der Waals surface area contributed by atoms with Crippen molar-refractivity contribution in [1.82, 2.24) is 0 Å². The molecule has 0 aromatic heterocycles. The molecule has 0 amide bonds. The molecule has 0 saturated carbocycles. The van der Waals surface area contributed by atoms with Crippen LogP contribution in [0.3, 0.4) is 0 Å². The van der Waals surface area contributed by atoms with Gasteiger partial charge >= 0.3 is 5.97 Å². The van der Waals surface area contributed by atoms with Crippen molar-refractivity contribution in [2.75, 3.05) is 7.11 Å². The van der Waals surface area contributed by atoms with Crippen LogP contribution in [0.5, 0.6) is 11.5 Å². The van der Waals surface area contributed by atoms with E-state index in [0.717, 1.165) is 9.13 Å². The number of methoxy groups -OCH3 is 1. The van der Waals surface area contributed by atoms with Crippen LogP contribution in [0.1, 0.15) is 25.5 Å². The maximum Gasteiger partial charge on any atom is 0.308 e. The van der Waals surface area contributed by atoms with Crippen molar-refractivity contribution in [2.45, 2.75) is 20.0 Å². The van der Waals surface area contributed by atoms with E-state index in [9.17, 15) is 9.90 Å². The lowest BCUT2D eigenvalue weighted by Gasteiger charge is -2.13. The van der Waals surface area contributed by atoms with Crippen molar-refractivity contribution in [3.05, 3.63) is 21.3 Å². The zero-order valence-corrected chi connectivity index (χ0v) is 11.4. The second kappa shape index (κ2) is 5.49. The highest BCUT2D eigenvalue weighted by atomic mass is 127. The summed E-state index contributed by atoms with van der Waals surface area (Å²) in [5, 5.41) is 9.47. The minimum Gasteiger partial charge on any atom is -0.493 e. The number of carbonyl (C=O) groups is 1. The average Bonchev–Trinajstić information content (AvgIpc) is 2.19. The Labute approximate surface area is 108 Å². The number of aliphatic hydroxyl groups is 1. The summed E-state index contributed by atoms with van der Waals surface area (Å²) in [5.41, 5.74) is 0.720. The molecule has 1 aromatic carbocycles. The number of aliphatic hydroxyl groups excluding tert-OH is 1. The van der Waals surface area contributed by atoms with Gasteiger partial charge in [0.2, 0.25) is 0 Å². The van der Waals surface area contributed by atoms with Crippen molar-refractivity contribution in [3.8, 4) is 11.5 Å². The van der Waals surface area contributed by atoms with Gasteiger partial charge in [-0.2, -0.15) is 0 Å². The zero-order chi connectivity index (χ0) is 12.3. The highest BCUT2D eigenvalue weighted by Gasteiger charge is 2.15. The van der Waals surface area contributed by atoms with Gasteiger partial charge in [0, 0.05) is 6.92 Å². The van der Waals surface area contributed by atoms with Gasteiger partial charge in [-0.05, 0) is 47.2 Å². The van der Waals surface area contributed by atoms with E-state index < -0.39 is 12.1 Å². The Morgan fingerprint density at radius 2 is 2.12 bits per heavy atom. The highest BCUT2D eigenvalue weighted by molar-refractivity contribution is 14.1. The fraction of sp³-hybridized carbons (Fsp3) is 0.364. The van der Waals surface area contributed by atoms with Crippen molar-refractivity contribution in [3.63, 3.8) is 0 Å². The lowest BCUT2D eigenvalue weighted by Crippen LogP contribution is -2.05. The van der Waals surface area contributed by atoms with E-state index >= 15 is 0 Å². The molecule has 0 saturated heterocycles. The molecular weight excluding hydrogens is 323 g/mol. The van der Waals surface area contributed by atoms with Gasteiger partial charge in [0.15, 0.2) is 11.5 Å². The topological polar surface area (TPSA) is 55.8 Å². The molecule has 0 bridgehead atoms. The summed E-state index contributed by atoms with van der Waals surface area (Å²) in [7, 11) is 1.49. The van der Waals surface area contributed by atoms with Crippen LogP contribution in [0.2, 0.25) is 0 Å². The van der Waals surface area contributed by atoms with Crippen LogP contribution in [0.4, 0.5) is 0 Å². The maximum absolute atomic E-state index is 10.9. The first kappa shape index (κ1) is 13.2. The lowest BCUT2D eigenvalue weighted by molar-refractivity contribution is -0.132. The Hall–Kier alpha value is -0.820. The molecule has 0 aliphatic heterocycles. The second-order valence-corrected chi connectivity index (χ2v) is 4.47. The molecule has 5 heteroatoms. The summed E-state index contributed by atoms with van der Waals surface area (Å²) in [6, 6.07) is 3.41. The standard InChI is InChI=1S/C11H13IO4/c1-6(13)8-4-9(12)11(16-7(2)14)10(5-8)15-3/h4-6,13H,1-3H3. The van der Waals surface area contributed by atoms with Crippen LogP contribution in [0, 0.1) is 3.57 Å². The number of halogens is 1. The van der Waals surface area contributed by atoms with Gasteiger partial charge in [0.1, 0.15) is 0 Å². The highest BCUT2D eigenvalue weighted by Crippen LogP contribution is 2.35. The van der Waals surface area contributed by atoms with Crippen LogP contribution in [0.25, 0.3) is 0 Å². The second-order valence-electron chi connectivity index (χ2n) is 3.30. The van der Waals surface area contributed by atoms with Gasteiger partial charge in [0.25, 0.3) is 0 Å². The molecule has 16 heavy (non-hydrogen) atoms. The van der Waals surface area contributed by atoms with Crippen LogP contribution >= 0.6 is 22.6 Å². The maximum atomic E-state index is 10.9. The Morgan fingerprint density at radius 1 is 1.50 bits per heavy atom. The van der Waals surface area contributed by atoms with E-state index in [1.807, 2.05) is 22.6 Å². The molecule has 1 atom stereocenters. The number of hydrogen-bond acceptors (Lipinski definition) is 4. The smallest absolute Gasteiger partial charge is 0.308 e. The zero-order valence-electron chi connectivity index (χ0n) is 9.28. The molecule has 0 aliphatic carbocycles. The summed E-state index contributed by atoms with van der Waals surface area (Å²) < 4.78 is 10.9. The van der Waals surface area contributed by atoms with E-state index in [1.165, 1.54) is 14.0 Å². The van der Waals surface area contributed by atoms with Crippen molar-refractivity contribution < 1.29 is 19.4 Å². The van der Waals surface area contributed by atoms with Gasteiger partial charge in [-0.3, -0.25) is 4.79 Å². The van der Waals surface area contributed by atoms with E-state index in [0.29, 0.717) is 11.5 Å². The Balaban J connectivity index is 3.22. The summed E-state index contributed by atoms with van der Waals surface area (Å²) in [6.45, 7) is 2.99. The number of rotatable bonds is 3. The molecule has 88 valence electrons. The number of ether oxygens (including phenoxy) is 2. The fourth-order valence-corrected chi connectivity index (χ4v) is 1.96. The minimum absolute atomic E-state index is 0.389. The predicted octanol–water partition coefficient (Wildman–Crippen LogP) is 2.28. The summed E-state index contributed by atoms with van der Waals surface area (Å²) >= 11 is 2.03. The van der Waals surface area contributed by atoms with Crippen LogP contribution in [-0.2, 0) is 4.79 Å². The van der Waals surface area contributed by atoms with Gasteiger partial charge in [-0.15, -0.1) is 0 Å². The third-order valence-electron chi connectivity index (χ3n) is 1.98. The lowest BCUT2D eigenvalue weighted by atomic mass is 10.1. The van der Waals surface area contributed by atoms with Crippen molar-refractivity contribution in [1.29, 1.82) is 0 Å². The van der Waals surface area contributed by atoms with Gasteiger partial charge in [-0.1, -0.05) is 0 Å². The fourth-order valence-electron chi connectivity index (χ4n) is 1.22. The summed E-state index contributed by atoms with van der Waals surface area (Å²) in [5.74, 6) is 0.430. The van der Waals surface area contributed by atoms with Crippen molar-refractivity contribution in [2.24, 2.45) is 0 Å². The molecule has 1 N–H and O–H groups in total. The molecule has 0 heterocycles. The number of esters is 1. The van der Waals surface area contributed by atoms with E-state index in [2.05, 4.69) is 0 Å². The van der Waals surface area contributed by atoms with E-state index in [1.54, 1.807) is 19.1 Å². The number of benzene rings is 1. The molecule has 0 aliphatic rings. The monoisotopic (exact) mass is 336 g/mol. The number of carbonyl (C=O) groups excluding carboxylic acids is 1. The van der Waals surface area contributed by atoms with Gasteiger partial charge in [-0.25, -0.2) is 0 Å². The Bertz CT molecular complexity index is 401. The van der Waals surface area contributed by atoms with Gasteiger partial charge in [0.05, 0.1) is 16.8 Å². The summed E-state index contributed by atoms with van der Waals surface area (Å²) in [4.78, 5) is 10.9. The van der Waals surface area contributed by atoms with Crippen LogP contribution < -0.4 is 9.47 Å². The van der Waals surface area contributed by atoms with Crippen LogP contribution in [0.15, 0.2) is 12.1 Å². The molecule has 0 spiro atoms.